The van der Waals surface area contributed by atoms with E-state index in [-0.39, 0.29) is 17.4 Å². The first-order chi connectivity index (χ1) is 20.4. The van der Waals surface area contributed by atoms with E-state index in [9.17, 15) is 24.0 Å². The van der Waals surface area contributed by atoms with Gasteiger partial charge in [0, 0.05) is 39.3 Å². The summed E-state index contributed by atoms with van der Waals surface area (Å²) in [4.78, 5) is 67.2. The molecule has 4 unspecified atom stereocenters. The molecule has 1 aliphatic carbocycles. The third kappa shape index (κ3) is 12.2. The second-order valence-corrected chi connectivity index (χ2v) is 15.2. The van der Waals surface area contributed by atoms with E-state index in [0.717, 1.165) is 19.4 Å². The Hall–Kier alpha value is -2.38. The van der Waals surface area contributed by atoms with Crippen molar-refractivity contribution in [1.82, 2.24) is 35.8 Å². The Morgan fingerprint density at radius 1 is 0.955 bits per heavy atom. The number of likely N-dealkylation sites (tertiary alicyclic amines) is 1. The summed E-state index contributed by atoms with van der Waals surface area (Å²) in [5.74, 6) is -1.57. The summed E-state index contributed by atoms with van der Waals surface area (Å²) in [5, 5.41) is 14.4. The molecule has 0 bridgehead atoms. The molecule has 1 heterocycles. The average molecular weight is 640 g/mol. The zero-order chi connectivity index (χ0) is 33.2. The SMILES string of the molecule is CNC(=O)C(=O)C(CCCC1CC1)NC(=O)C1CCCN1C(=O)C(NC(=O)NC(CNCCN(C)S)C(C)(C)C)C(C)(C)C. The molecule has 5 N–H and O–H groups in total. The molecule has 1 aliphatic heterocycles. The number of amides is 5. The third-order valence-corrected chi connectivity index (χ3v) is 8.62. The number of thiol groups is 1. The molecule has 44 heavy (non-hydrogen) atoms. The zero-order valence-electron chi connectivity index (χ0n) is 28.0. The van der Waals surface area contributed by atoms with Gasteiger partial charge in [0.05, 0.1) is 6.04 Å². The molecule has 2 fully saturated rings. The second kappa shape index (κ2) is 16.8. The summed E-state index contributed by atoms with van der Waals surface area (Å²) in [6.45, 7) is 14.1. The Morgan fingerprint density at radius 2 is 1.61 bits per heavy atom. The summed E-state index contributed by atoms with van der Waals surface area (Å²) in [6.07, 6.45) is 5.47. The van der Waals surface area contributed by atoms with Gasteiger partial charge in [0.15, 0.2) is 0 Å². The first kappa shape index (κ1) is 37.8. The van der Waals surface area contributed by atoms with Gasteiger partial charge in [-0.15, -0.1) is 0 Å². The van der Waals surface area contributed by atoms with E-state index in [1.54, 1.807) is 4.31 Å². The molecule has 0 spiro atoms. The van der Waals surface area contributed by atoms with Crippen LogP contribution >= 0.6 is 12.8 Å². The maximum atomic E-state index is 14.0. The van der Waals surface area contributed by atoms with E-state index >= 15 is 0 Å². The molecule has 0 aromatic heterocycles. The molecule has 2 rings (SSSR count). The van der Waals surface area contributed by atoms with Crippen LogP contribution < -0.4 is 26.6 Å². The highest BCUT2D eigenvalue weighted by molar-refractivity contribution is 7.77. The highest BCUT2D eigenvalue weighted by Gasteiger charge is 2.43. The van der Waals surface area contributed by atoms with Crippen molar-refractivity contribution >= 4 is 42.4 Å². The molecule has 12 nitrogen and oxygen atoms in total. The highest BCUT2D eigenvalue weighted by Crippen LogP contribution is 2.34. The lowest BCUT2D eigenvalue weighted by Crippen LogP contribution is -2.61. The molecule has 252 valence electrons. The number of nitrogens with one attached hydrogen (secondary N) is 5. The highest BCUT2D eigenvalue weighted by atomic mass is 32.1. The molecule has 1 saturated carbocycles. The second-order valence-electron chi connectivity index (χ2n) is 14.5. The lowest BCUT2D eigenvalue weighted by atomic mass is 9.85. The van der Waals surface area contributed by atoms with Crippen molar-refractivity contribution in [3.8, 4) is 0 Å². The van der Waals surface area contributed by atoms with Crippen molar-refractivity contribution in [2.75, 3.05) is 40.3 Å². The van der Waals surface area contributed by atoms with Crippen LogP contribution in [0.15, 0.2) is 0 Å². The number of Topliss-reactive ketones (excluding diaryl/α,β-unsaturated/α-hetero) is 1. The number of hydrogen-bond acceptors (Lipinski definition) is 8. The van der Waals surface area contributed by atoms with Gasteiger partial charge in [0.2, 0.25) is 17.6 Å². The molecule has 0 aromatic rings. The maximum Gasteiger partial charge on any atom is 0.315 e. The van der Waals surface area contributed by atoms with Gasteiger partial charge in [-0.1, -0.05) is 80.0 Å². The van der Waals surface area contributed by atoms with E-state index in [1.165, 1.54) is 24.8 Å². The molecule has 2 aliphatic rings. The number of nitrogens with zero attached hydrogens (tertiary/aromatic N) is 2. The van der Waals surface area contributed by atoms with Gasteiger partial charge in [-0.25, -0.2) is 4.79 Å². The molecule has 4 atom stereocenters. The fraction of sp³-hybridized carbons (Fsp3) is 0.839. The molecular weight excluding hydrogens is 582 g/mol. The van der Waals surface area contributed by atoms with Gasteiger partial charge in [-0.05, 0) is 43.1 Å². The monoisotopic (exact) mass is 639 g/mol. The van der Waals surface area contributed by atoms with Crippen LogP contribution in [0.25, 0.3) is 0 Å². The minimum atomic E-state index is -0.947. The van der Waals surface area contributed by atoms with E-state index < -0.39 is 47.2 Å². The van der Waals surface area contributed by atoms with Crippen LogP contribution in [-0.2, 0) is 19.2 Å². The molecular formula is C31H57N7O5S. The van der Waals surface area contributed by atoms with Crippen LogP contribution in [0, 0.1) is 16.7 Å². The predicted molar refractivity (Wildman–Crippen MR) is 175 cm³/mol. The fourth-order valence-corrected chi connectivity index (χ4v) is 5.44. The van der Waals surface area contributed by atoms with Gasteiger partial charge in [0.25, 0.3) is 5.91 Å². The predicted octanol–water partition coefficient (Wildman–Crippen LogP) is 1.85. The molecule has 0 radical (unpaired) electrons. The zero-order valence-corrected chi connectivity index (χ0v) is 28.9. The quantitative estimate of drug-likeness (QED) is 0.0857. The first-order valence-corrected chi connectivity index (χ1v) is 16.4. The van der Waals surface area contributed by atoms with E-state index in [2.05, 4.69) is 39.4 Å². The minimum Gasteiger partial charge on any atom is -0.353 e. The Bertz CT molecular complexity index is 1010. The standard InChI is InChI=1S/C31H57N7O5S/c1-30(2,3)23(19-33-16-18-37(8)44)35-29(43)36-25(31(4,5)6)28(42)38-17-10-13-22(38)26(40)34-21(24(39)27(41)32-7)12-9-11-20-14-15-20/h20-23,25,33,44H,9-19H2,1-8H3,(H,32,41)(H,34,40)(H2,35,36,43). The number of ketones is 1. The lowest BCUT2D eigenvalue weighted by molar-refractivity contribution is -0.143. The van der Waals surface area contributed by atoms with Crippen molar-refractivity contribution in [2.24, 2.45) is 16.7 Å². The summed E-state index contributed by atoms with van der Waals surface area (Å²) in [5.41, 5.74) is -0.900. The van der Waals surface area contributed by atoms with E-state index in [1.807, 2.05) is 48.6 Å². The fourth-order valence-electron chi connectivity index (χ4n) is 5.34. The molecule has 13 heteroatoms. The normalized spacial score (nSPS) is 19.2. The van der Waals surface area contributed by atoms with Gasteiger partial charge >= 0.3 is 6.03 Å². The smallest absolute Gasteiger partial charge is 0.315 e. The van der Waals surface area contributed by atoms with Crippen molar-refractivity contribution < 1.29 is 24.0 Å². The average Bonchev–Trinajstić information content (AvgIpc) is 3.62. The van der Waals surface area contributed by atoms with Crippen LogP contribution in [0.1, 0.15) is 86.5 Å². The largest absolute Gasteiger partial charge is 0.353 e. The molecule has 1 saturated heterocycles. The topological polar surface area (TPSA) is 152 Å². The van der Waals surface area contributed by atoms with Gasteiger partial charge in [0.1, 0.15) is 12.1 Å². The third-order valence-electron chi connectivity index (χ3n) is 8.42. The Morgan fingerprint density at radius 3 is 2.16 bits per heavy atom. The van der Waals surface area contributed by atoms with Crippen LogP contribution in [0.2, 0.25) is 0 Å². The summed E-state index contributed by atoms with van der Waals surface area (Å²) < 4.78 is 1.78. The van der Waals surface area contributed by atoms with Gasteiger partial charge in [-0.3, -0.25) is 23.5 Å². The van der Waals surface area contributed by atoms with Crippen molar-refractivity contribution in [3.05, 3.63) is 0 Å². The molecule has 0 aromatic carbocycles. The van der Waals surface area contributed by atoms with E-state index in [0.29, 0.717) is 44.8 Å². The van der Waals surface area contributed by atoms with Crippen LogP contribution in [0.4, 0.5) is 4.79 Å². The Labute approximate surface area is 269 Å². The molecule has 5 amide bonds. The van der Waals surface area contributed by atoms with Crippen molar-refractivity contribution in [1.29, 1.82) is 0 Å². The summed E-state index contributed by atoms with van der Waals surface area (Å²) in [7, 11) is 3.26. The van der Waals surface area contributed by atoms with Crippen molar-refractivity contribution in [3.63, 3.8) is 0 Å². The first-order valence-electron chi connectivity index (χ1n) is 16.0. The number of likely N-dealkylation sites (N-methyl/N-ethyl adjacent to an activating group) is 2. The number of urea groups is 1. The summed E-state index contributed by atoms with van der Waals surface area (Å²) >= 11 is 4.26. The summed E-state index contributed by atoms with van der Waals surface area (Å²) in [6, 6.07) is -3.32. The number of carbonyl (C=O) groups is 5. The van der Waals surface area contributed by atoms with Crippen LogP contribution in [0.5, 0.6) is 0 Å². The van der Waals surface area contributed by atoms with E-state index in [4.69, 9.17) is 0 Å². The number of carbonyl (C=O) groups excluding carboxylic acids is 5. The number of rotatable bonds is 16. The maximum absolute atomic E-state index is 14.0. The minimum absolute atomic E-state index is 0.219. The number of hydrogen-bond donors (Lipinski definition) is 6. The van der Waals surface area contributed by atoms with Gasteiger partial charge < -0.3 is 31.5 Å². The van der Waals surface area contributed by atoms with Crippen molar-refractivity contribution in [2.45, 2.75) is 111 Å². The Kier molecular flexibility index (Phi) is 14.4. The van der Waals surface area contributed by atoms with Gasteiger partial charge in [-0.2, -0.15) is 0 Å². The lowest BCUT2D eigenvalue weighted by Gasteiger charge is -2.37. The van der Waals surface area contributed by atoms with Crippen LogP contribution in [0.3, 0.4) is 0 Å². The van der Waals surface area contributed by atoms with Crippen LogP contribution in [-0.4, -0.2) is 103 Å². The Balaban J connectivity index is 2.12.